The van der Waals surface area contributed by atoms with Crippen molar-refractivity contribution in [3.63, 3.8) is 0 Å². The van der Waals surface area contributed by atoms with Crippen molar-refractivity contribution in [3.05, 3.63) is 35.4 Å². The number of carbonyl (C=O) groups is 2. The van der Waals surface area contributed by atoms with E-state index in [9.17, 15) is 14.0 Å². The van der Waals surface area contributed by atoms with Gasteiger partial charge in [-0.25, -0.2) is 14.1 Å². The fourth-order valence-corrected chi connectivity index (χ4v) is 3.29. The van der Waals surface area contributed by atoms with Crippen LogP contribution in [0, 0.1) is 0 Å². The summed E-state index contributed by atoms with van der Waals surface area (Å²) < 4.78 is 14.2. The molecule has 0 aromatic heterocycles. The first-order valence-electron chi connectivity index (χ1n) is 5.73. The molecule has 4 nitrogen and oxygen atoms in total. The van der Waals surface area contributed by atoms with E-state index in [1.54, 1.807) is 11.5 Å². The van der Waals surface area contributed by atoms with Gasteiger partial charge in [-0.15, -0.1) is 11.8 Å². The number of hydrogen-bond acceptors (Lipinski definition) is 3. The third kappa shape index (κ3) is 1.90. The number of thioether (sulfide) groups is 1. The molecule has 19 heavy (non-hydrogen) atoms. The van der Waals surface area contributed by atoms with Gasteiger partial charge in [0, 0.05) is 17.7 Å². The molecule has 2 atom stereocenters. The van der Waals surface area contributed by atoms with Crippen LogP contribution in [0.2, 0.25) is 0 Å². The normalized spacial score (nSPS) is 33.8. The van der Waals surface area contributed by atoms with Crippen molar-refractivity contribution < 1.29 is 14.0 Å². The molecule has 3 aliphatic rings. The molecule has 2 unspecified atom stereocenters. The molecular weight excluding hydrogens is 291 g/mol. The van der Waals surface area contributed by atoms with Gasteiger partial charge in [0.2, 0.25) is 5.13 Å². The van der Waals surface area contributed by atoms with E-state index in [2.05, 4.69) is 0 Å². The number of nitrogens with zero attached hydrogens (tertiary/aromatic N) is 2. The summed E-state index contributed by atoms with van der Waals surface area (Å²) >= 11 is 7.22. The topological polar surface area (TPSA) is 40.6 Å². The Morgan fingerprint density at radius 1 is 1.42 bits per heavy atom. The Kier molecular flexibility index (Phi) is 2.94. The Morgan fingerprint density at radius 3 is 2.89 bits per heavy atom. The average molecular weight is 301 g/mol. The molecule has 0 aromatic carbocycles. The van der Waals surface area contributed by atoms with Gasteiger partial charge in [0.15, 0.2) is 0 Å². The average Bonchev–Trinajstić information content (AvgIpc) is 2.63. The molecule has 1 saturated heterocycles. The van der Waals surface area contributed by atoms with Crippen LogP contribution in [0.25, 0.3) is 0 Å². The van der Waals surface area contributed by atoms with E-state index in [0.717, 1.165) is 16.7 Å². The minimum absolute atomic E-state index is 0.302. The summed E-state index contributed by atoms with van der Waals surface area (Å²) in [4.78, 5) is 26.7. The van der Waals surface area contributed by atoms with Crippen molar-refractivity contribution >= 4 is 35.3 Å². The third-order valence-corrected chi connectivity index (χ3v) is 4.35. The molecule has 2 heterocycles. The summed E-state index contributed by atoms with van der Waals surface area (Å²) in [5.74, 6) is 0.225. The molecule has 1 fully saturated rings. The van der Waals surface area contributed by atoms with E-state index in [0.29, 0.717) is 12.2 Å². The van der Waals surface area contributed by atoms with E-state index in [1.807, 2.05) is 0 Å². The van der Waals surface area contributed by atoms with Gasteiger partial charge in [0.25, 0.3) is 5.91 Å². The van der Waals surface area contributed by atoms with Gasteiger partial charge in [-0.2, -0.15) is 0 Å². The Labute approximate surface area is 118 Å². The van der Waals surface area contributed by atoms with Crippen LogP contribution >= 0.6 is 23.4 Å². The second kappa shape index (κ2) is 4.38. The molecule has 0 saturated carbocycles. The zero-order valence-corrected chi connectivity index (χ0v) is 11.3. The fourth-order valence-electron chi connectivity index (χ4n) is 2.25. The lowest BCUT2D eigenvalue weighted by Crippen LogP contribution is -2.49. The minimum atomic E-state index is -2.26. The van der Waals surface area contributed by atoms with Crippen molar-refractivity contribution in [2.45, 2.75) is 11.2 Å². The maximum atomic E-state index is 14.2. The van der Waals surface area contributed by atoms with Crippen molar-refractivity contribution in [2.75, 3.05) is 12.3 Å². The zero-order chi connectivity index (χ0) is 13.6. The molecule has 0 bridgehead atoms. The molecule has 7 heteroatoms. The number of fused-ring (bicyclic) bond motifs is 1. The number of urea groups is 1. The number of allylic oxidation sites excluding steroid dienone is 2. The largest absolute Gasteiger partial charge is 0.332 e. The highest BCUT2D eigenvalue weighted by Gasteiger charge is 2.51. The third-order valence-electron chi connectivity index (χ3n) is 3.19. The SMILES string of the molecule is O=C1C2=CSCCN2C(=O)N1C1C=CC=CC1(F)Cl. The van der Waals surface area contributed by atoms with E-state index in [4.69, 9.17) is 11.6 Å². The van der Waals surface area contributed by atoms with Crippen LogP contribution in [0.5, 0.6) is 0 Å². The van der Waals surface area contributed by atoms with Crippen LogP contribution in [0.15, 0.2) is 35.4 Å². The quantitative estimate of drug-likeness (QED) is 0.551. The van der Waals surface area contributed by atoms with E-state index < -0.39 is 23.1 Å². The first kappa shape index (κ1) is 12.7. The predicted octanol–water partition coefficient (Wildman–Crippen LogP) is 2.24. The number of hydrogen-bond donors (Lipinski definition) is 0. The second-order valence-electron chi connectivity index (χ2n) is 4.35. The Balaban J connectivity index is 1.98. The highest BCUT2D eigenvalue weighted by Crippen LogP contribution is 2.37. The Morgan fingerprint density at radius 2 is 2.21 bits per heavy atom. The van der Waals surface area contributed by atoms with E-state index in [-0.39, 0.29) is 0 Å². The number of carbonyl (C=O) groups excluding carboxylic acids is 2. The molecule has 0 N–H and O–H groups in total. The lowest BCUT2D eigenvalue weighted by atomic mass is 10.0. The van der Waals surface area contributed by atoms with E-state index in [1.165, 1.54) is 28.8 Å². The van der Waals surface area contributed by atoms with Crippen LogP contribution in [0.4, 0.5) is 9.18 Å². The minimum Gasteiger partial charge on any atom is -0.287 e. The molecule has 3 rings (SSSR count). The highest BCUT2D eigenvalue weighted by atomic mass is 35.5. The number of imide groups is 1. The summed E-state index contributed by atoms with van der Waals surface area (Å²) in [6.07, 6.45) is 5.60. The van der Waals surface area contributed by atoms with Crippen molar-refractivity contribution in [1.82, 2.24) is 9.80 Å². The zero-order valence-electron chi connectivity index (χ0n) is 9.75. The molecule has 0 aromatic rings. The summed E-state index contributed by atoms with van der Waals surface area (Å²) in [5.41, 5.74) is 0.302. The summed E-state index contributed by atoms with van der Waals surface area (Å²) in [6, 6.07) is -1.63. The molecule has 2 aliphatic heterocycles. The van der Waals surface area contributed by atoms with Crippen LogP contribution in [-0.2, 0) is 4.79 Å². The first-order chi connectivity index (χ1) is 9.02. The molecular formula is C12H10ClFN2O2S. The maximum Gasteiger partial charge on any atom is 0.332 e. The van der Waals surface area contributed by atoms with Crippen molar-refractivity contribution in [3.8, 4) is 0 Å². The number of amides is 3. The molecule has 1 aliphatic carbocycles. The smallest absolute Gasteiger partial charge is 0.287 e. The molecule has 100 valence electrons. The van der Waals surface area contributed by atoms with Gasteiger partial charge in [-0.05, 0) is 6.08 Å². The number of alkyl halides is 2. The lowest BCUT2D eigenvalue weighted by Gasteiger charge is -2.31. The molecule has 0 spiro atoms. The Hall–Kier alpha value is -1.27. The maximum absolute atomic E-state index is 14.2. The van der Waals surface area contributed by atoms with Crippen LogP contribution in [-0.4, -0.2) is 45.2 Å². The lowest BCUT2D eigenvalue weighted by molar-refractivity contribution is -0.124. The van der Waals surface area contributed by atoms with Gasteiger partial charge in [-0.1, -0.05) is 29.8 Å². The molecule has 0 radical (unpaired) electrons. The summed E-state index contributed by atoms with van der Waals surface area (Å²) in [7, 11) is 0. The second-order valence-corrected chi connectivity index (χ2v) is 5.90. The summed E-state index contributed by atoms with van der Waals surface area (Å²) in [6.45, 7) is 0.450. The van der Waals surface area contributed by atoms with Gasteiger partial charge >= 0.3 is 6.03 Å². The highest BCUT2D eigenvalue weighted by molar-refractivity contribution is 8.02. The van der Waals surface area contributed by atoms with Crippen molar-refractivity contribution in [1.29, 1.82) is 0 Å². The van der Waals surface area contributed by atoms with E-state index >= 15 is 0 Å². The van der Waals surface area contributed by atoms with Gasteiger partial charge in [-0.3, -0.25) is 9.69 Å². The van der Waals surface area contributed by atoms with Crippen LogP contribution in [0.3, 0.4) is 0 Å². The van der Waals surface area contributed by atoms with Gasteiger partial charge in [0.1, 0.15) is 11.7 Å². The standard InChI is InChI=1S/C12H10ClFN2O2S/c13-12(14)4-2-1-3-9(12)16-10(17)8-7-19-6-5-15(8)11(16)18/h1-4,7,9H,5-6H2. The number of halogens is 2. The van der Waals surface area contributed by atoms with Crippen molar-refractivity contribution in [2.24, 2.45) is 0 Å². The van der Waals surface area contributed by atoms with Gasteiger partial charge in [0.05, 0.1) is 0 Å². The number of rotatable bonds is 1. The summed E-state index contributed by atoms with van der Waals surface area (Å²) in [5, 5.41) is -0.622. The Bertz CT molecular complexity index is 544. The molecule has 3 amide bonds. The fraction of sp³-hybridized carbons (Fsp3) is 0.333. The van der Waals surface area contributed by atoms with Gasteiger partial charge < -0.3 is 0 Å². The van der Waals surface area contributed by atoms with Crippen LogP contribution in [0.1, 0.15) is 0 Å². The monoisotopic (exact) mass is 300 g/mol. The predicted molar refractivity (Wildman–Crippen MR) is 71.2 cm³/mol. The van der Waals surface area contributed by atoms with Crippen LogP contribution < -0.4 is 0 Å². The first-order valence-corrected chi connectivity index (χ1v) is 7.16.